The average molecular weight is 230 g/mol. The van der Waals surface area contributed by atoms with E-state index in [0.717, 1.165) is 6.54 Å². The van der Waals surface area contributed by atoms with Crippen LogP contribution in [0.5, 0.6) is 0 Å². The molecule has 2 saturated heterocycles. The van der Waals surface area contributed by atoms with Crippen molar-refractivity contribution in [2.45, 2.75) is 25.0 Å². The van der Waals surface area contributed by atoms with E-state index >= 15 is 0 Å². The molecule has 0 amide bonds. The first-order chi connectivity index (χ1) is 7.38. The van der Waals surface area contributed by atoms with E-state index in [-0.39, 0.29) is 0 Å². The highest BCUT2D eigenvalue weighted by Crippen LogP contribution is 2.15. The summed E-state index contributed by atoms with van der Waals surface area (Å²) in [6, 6.07) is 0.694. The first kappa shape index (κ1) is 11.7. The van der Waals surface area contributed by atoms with Gasteiger partial charge in [0.2, 0.25) is 0 Å². The normalized spacial score (nSPS) is 34.2. The topological polar surface area (TPSA) is 24.5 Å². The summed E-state index contributed by atoms with van der Waals surface area (Å²) in [4.78, 5) is 2.56. The Morgan fingerprint density at radius 3 is 3.20 bits per heavy atom. The molecule has 1 N–H and O–H groups in total. The lowest BCUT2D eigenvalue weighted by Crippen LogP contribution is -2.49. The van der Waals surface area contributed by atoms with Crippen molar-refractivity contribution in [1.29, 1.82) is 0 Å². The second-order valence-corrected chi connectivity index (χ2v) is 5.64. The van der Waals surface area contributed by atoms with Gasteiger partial charge in [-0.3, -0.25) is 4.90 Å². The Morgan fingerprint density at radius 1 is 1.53 bits per heavy atom. The van der Waals surface area contributed by atoms with Gasteiger partial charge in [-0.15, -0.1) is 0 Å². The van der Waals surface area contributed by atoms with Crippen LogP contribution in [0, 0.1) is 0 Å². The van der Waals surface area contributed by atoms with Gasteiger partial charge in [-0.1, -0.05) is 0 Å². The Hall–Kier alpha value is 0.230. The number of rotatable bonds is 3. The molecular formula is C11H22N2OS. The summed E-state index contributed by atoms with van der Waals surface area (Å²) < 4.78 is 5.44. The quantitative estimate of drug-likeness (QED) is 0.775. The minimum absolute atomic E-state index is 0.468. The Bertz CT molecular complexity index is 185. The Kier molecular flexibility index (Phi) is 4.75. The molecule has 3 nitrogen and oxygen atoms in total. The van der Waals surface area contributed by atoms with E-state index in [1.54, 1.807) is 0 Å². The van der Waals surface area contributed by atoms with Gasteiger partial charge < -0.3 is 10.1 Å². The molecule has 0 aliphatic carbocycles. The second-order valence-electron chi connectivity index (χ2n) is 4.49. The summed E-state index contributed by atoms with van der Waals surface area (Å²) in [5, 5.41) is 3.60. The molecule has 2 heterocycles. The van der Waals surface area contributed by atoms with Crippen molar-refractivity contribution in [3.05, 3.63) is 0 Å². The molecule has 4 heteroatoms. The fraction of sp³-hybridized carbons (Fsp3) is 1.00. The smallest absolute Gasteiger partial charge is 0.0698 e. The summed E-state index contributed by atoms with van der Waals surface area (Å²) in [7, 11) is 1.84. The maximum absolute atomic E-state index is 5.44. The van der Waals surface area contributed by atoms with Crippen LogP contribution in [0.4, 0.5) is 0 Å². The number of thioether (sulfide) groups is 1. The van der Waals surface area contributed by atoms with E-state index in [1.165, 1.54) is 44.0 Å². The lowest BCUT2D eigenvalue weighted by atomic mass is 10.1. The van der Waals surface area contributed by atoms with Crippen LogP contribution in [0.3, 0.4) is 0 Å². The fourth-order valence-electron chi connectivity index (χ4n) is 2.42. The van der Waals surface area contributed by atoms with E-state index in [1.807, 2.05) is 7.11 Å². The zero-order chi connectivity index (χ0) is 10.5. The lowest BCUT2D eigenvalue weighted by molar-refractivity contribution is 0.0289. The van der Waals surface area contributed by atoms with Gasteiger partial charge in [0.15, 0.2) is 0 Å². The Balaban J connectivity index is 1.72. The first-order valence-corrected chi connectivity index (χ1v) is 7.10. The molecule has 0 spiro atoms. The molecule has 0 aromatic heterocycles. The zero-order valence-corrected chi connectivity index (χ0v) is 10.4. The van der Waals surface area contributed by atoms with E-state index < -0.39 is 0 Å². The number of nitrogens with zero attached hydrogens (tertiary/aromatic N) is 1. The summed E-state index contributed by atoms with van der Waals surface area (Å²) >= 11 is 2.08. The molecule has 15 heavy (non-hydrogen) atoms. The van der Waals surface area contributed by atoms with E-state index in [0.29, 0.717) is 12.1 Å². The van der Waals surface area contributed by atoms with Crippen LogP contribution >= 0.6 is 11.8 Å². The van der Waals surface area contributed by atoms with Gasteiger partial charge in [-0.05, 0) is 19.4 Å². The fourth-order valence-corrected chi connectivity index (χ4v) is 3.36. The number of hydrogen-bond acceptors (Lipinski definition) is 4. The van der Waals surface area contributed by atoms with Crippen molar-refractivity contribution in [2.75, 3.05) is 44.8 Å². The Labute approximate surface area is 96.9 Å². The average Bonchev–Trinajstić information content (AvgIpc) is 2.31. The highest BCUT2D eigenvalue weighted by atomic mass is 32.2. The zero-order valence-electron chi connectivity index (χ0n) is 9.58. The number of ether oxygens (including phenoxy) is 1. The van der Waals surface area contributed by atoms with Gasteiger partial charge in [0, 0.05) is 44.3 Å². The molecule has 0 bridgehead atoms. The molecule has 2 aliphatic rings. The summed E-state index contributed by atoms with van der Waals surface area (Å²) in [5.74, 6) is 2.55. The van der Waals surface area contributed by atoms with Crippen molar-refractivity contribution in [2.24, 2.45) is 0 Å². The molecule has 0 radical (unpaired) electrons. The van der Waals surface area contributed by atoms with E-state index in [4.69, 9.17) is 4.74 Å². The van der Waals surface area contributed by atoms with Gasteiger partial charge in [-0.2, -0.15) is 11.8 Å². The molecule has 2 aliphatic heterocycles. The van der Waals surface area contributed by atoms with Gasteiger partial charge in [0.25, 0.3) is 0 Å². The third-order valence-corrected chi connectivity index (χ3v) is 4.40. The molecule has 2 atom stereocenters. The van der Waals surface area contributed by atoms with Crippen LogP contribution in [-0.2, 0) is 4.74 Å². The summed E-state index contributed by atoms with van der Waals surface area (Å²) in [6.45, 7) is 4.76. The molecule has 2 fully saturated rings. The highest BCUT2D eigenvalue weighted by Gasteiger charge is 2.22. The molecule has 0 aromatic rings. The predicted octanol–water partition coefficient (Wildman–Crippen LogP) is 0.802. The third-order valence-electron chi connectivity index (χ3n) is 3.27. The van der Waals surface area contributed by atoms with Gasteiger partial charge >= 0.3 is 0 Å². The highest BCUT2D eigenvalue weighted by molar-refractivity contribution is 7.99. The van der Waals surface area contributed by atoms with Crippen LogP contribution in [-0.4, -0.2) is 61.8 Å². The van der Waals surface area contributed by atoms with Crippen molar-refractivity contribution < 1.29 is 4.74 Å². The standard InChI is InChI=1S/C11H22N2OS/c1-14-11-3-2-5-13(8-11)7-10-9-15-6-4-12-10/h10-12H,2-9H2,1H3. The molecular weight excluding hydrogens is 208 g/mol. The van der Waals surface area contributed by atoms with Crippen LogP contribution < -0.4 is 5.32 Å². The van der Waals surface area contributed by atoms with E-state index in [2.05, 4.69) is 22.0 Å². The molecule has 2 rings (SSSR count). The maximum atomic E-state index is 5.44. The third kappa shape index (κ3) is 3.63. The SMILES string of the molecule is COC1CCCN(CC2CSCCN2)C1. The predicted molar refractivity (Wildman–Crippen MR) is 65.6 cm³/mol. The molecule has 2 unspecified atom stereocenters. The van der Waals surface area contributed by atoms with Crippen LogP contribution in [0.2, 0.25) is 0 Å². The van der Waals surface area contributed by atoms with Crippen molar-refractivity contribution in [3.8, 4) is 0 Å². The molecule has 0 saturated carbocycles. The van der Waals surface area contributed by atoms with Gasteiger partial charge in [-0.25, -0.2) is 0 Å². The minimum Gasteiger partial charge on any atom is -0.380 e. The molecule has 0 aromatic carbocycles. The number of nitrogens with one attached hydrogen (secondary N) is 1. The number of likely N-dealkylation sites (tertiary alicyclic amines) is 1. The Morgan fingerprint density at radius 2 is 2.47 bits per heavy atom. The van der Waals surface area contributed by atoms with Crippen LogP contribution in [0.1, 0.15) is 12.8 Å². The van der Waals surface area contributed by atoms with Crippen molar-refractivity contribution >= 4 is 11.8 Å². The van der Waals surface area contributed by atoms with Gasteiger partial charge in [0.05, 0.1) is 6.10 Å². The monoisotopic (exact) mass is 230 g/mol. The lowest BCUT2D eigenvalue weighted by Gasteiger charge is -2.35. The number of piperidine rings is 1. The molecule has 88 valence electrons. The largest absolute Gasteiger partial charge is 0.380 e. The van der Waals surface area contributed by atoms with Crippen molar-refractivity contribution in [3.63, 3.8) is 0 Å². The minimum atomic E-state index is 0.468. The van der Waals surface area contributed by atoms with Crippen LogP contribution in [0.15, 0.2) is 0 Å². The number of methoxy groups -OCH3 is 1. The first-order valence-electron chi connectivity index (χ1n) is 5.95. The summed E-state index contributed by atoms with van der Waals surface area (Å²) in [5.41, 5.74) is 0. The summed E-state index contributed by atoms with van der Waals surface area (Å²) in [6.07, 6.45) is 2.99. The number of hydrogen-bond donors (Lipinski definition) is 1. The van der Waals surface area contributed by atoms with Crippen molar-refractivity contribution in [1.82, 2.24) is 10.2 Å². The van der Waals surface area contributed by atoms with Crippen LogP contribution in [0.25, 0.3) is 0 Å². The second kappa shape index (κ2) is 6.09. The van der Waals surface area contributed by atoms with Gasteiger partial charge in [0.1, 0.15) is 0 Å². The van der Waals surface area contributed by atoms with E-state index in [9.17, 15) is 0 Å². The maximum Gasteiger partial charge on any atom is 0.0698 e.